The lowest BCUT2D eigenvalue weighted by Gasteiger charge is -2.36. The Balaban J connectivity index is 1.70. The average Bonchev–Trinajstić information content (AvgIpc) is 2.93. The second-order valence-corrected chi connectivity index (χ2v) is 5.30. The van der Waals surface area contributed by atoms with E-state index in [9.17, 15) is 5.11 Å². The summed E-state index contributed by atoms with van der Waals surface area (Å²) < 4.78 is 5.37. The Labute approximate surface area is 112 Å². The maximum atomic E-state index is 9.64. The number of hydrogen-bond donors (Lipinski definition) is 3. The van der Waals surface area contributed by atoms with Crippen molar-refractivity contribution in [2.75, 3.05) is 19.8 Å². The largest absolute Gasteiger partial charge is 0.394 e. The molecule has 0 unspecified atom stereocenters. The molecule has 0 atom stereocenters. The van der Waals surface area contributed by atoms with Gasteiger partial charge in [-0.2, -0.15) is 0 Å². The van der Waals surface area contributed by atoms with Crippen LogP contribution in [-0.4, -0.2) is 35.5 Å². The van der Waals surface area contributed by atoms with Crippen molar-refractivity contribution in [2.45, 2.75) is 24.9 Å². The highest BCUT2D eigenvalue weighted by molar-refractivity contribution is 5.79. The lowest BCUT2D eigenvalue weighted by Crippen LogP contribution is -2.51. The molecule has 4 heteroatoms. The molecule has 3 N–H and O–H groups in total. The number of H-pyrrole nitrogens is 1. The molecule has 1 aliphatic heterocycles. The quantitative estimate of drug-likeness (QED) is 0.785. The van der Waals surface area contributed by atoms with E-state index in [-0.39, 0.29) is 12.1 Å². The van der Waals surface area contributed by atoms with Crippen LogP contribution in [0.5, 0.6) is 0 Å². The first-order valence-corrected chi connectivity index (χ1v) is 6.81. The molecule has 0 spiro atoms. The maximum Gasteiger partial charge on any atom is 0.0615 e. The van der Waals surface area contributed by atoms with Gasteiger partial charge >= 0.3 is 0 Å². The van der Waals surface area contributed by atoms with Crippen molar-refractivity contribution in [3.05, 3.63) is 36.0 Å². The average molecular weight is 260 g/mol. The van der Waals surface area contributed by atoms with Gasteiger partial charge in [-0.3, -0.25) is 0 Å². The molecule has 3 rings (SSSR count). The molecule has 19 heavy (non-hydrogen) atoms. The third-order valence-electron chi connectivity index (χ3n) is 4.04. The molecule has 0 saturated carbocycles. The lowest BCUT2D eigenvalue weighted by molar-refractivity contribution is 0.0112. The Morgan fingerprint density at radius 2 is 2.11 bits per heavy atom. The van der Waals surface area contributed by atoms with E-state index in [1.807, 2.05) is 6.20 Å². The minimum Gasteiger partial charge on any atom is -0.394 e. The van der Waals surface area contributed by atoms with Crippen molar-refractivity contribution in [1.82, 2.24) is 10.3 Å². The second kappa shape index (κ2) is 5.33. The maximum absolute atomic E-state index is 9.64. The highest BCUT2D eigenvalue weighted by Gasteiger charge is 2.31. The van der Waals surface area contributed by atoms with E-state index < -0.39 is 0 Å². The molecule has 1 aliphatic rings. The number of aliphatic hydroxyl groups excluding tert-OH is 1. The van der Waals surface area contributed by atoms with E-state index in [1.165, 1.54) is 10.9 Å². The Morgan fingerprint density at radius 3 is 2.89 bits per heavy atom. The Bertz CT molecular complexity index is 544. The summed E-state index contributed by atoms with van der Waals surface area (Å²) >= 11 is 0. The molecule has 1 fully saturated rings. The molecular weight excluding hydrogens is 240 g/mol. The summed E-state index contributed by atoms with van der Waals surface area (Å²) in [6, 6.07) is 8.48. The first-order chi connectivity index (χ1) is 9.31. The molecule has 0 aliphatic carbocycles. The van der Waals surface area contributed by atoms with Gasteiger partial charge in [-0.05, 0) is 42.0 Å². The number of aromatic amines is 1. The van der Waals surface area contributed by atoms with Crippen molar-refractivity contribution in [2.24, 2.45) is 0 Å². The van der Waals surface area contributed by atoms with Crippen LogP contribution in [0.1, 0.15) is 18.4 Å². The molecular formula is C15H20N2O2. The molecule has 4 nitrogen and oxygen atoms in total. The number of ether oxygens (including phenoxy) is 1. The van der Waals surface area contributed by atoms with Crippen molar-refractivity contribution >= 4 is 10.9 Å². The molecule has 1 saturated heterocycles. The van der Waals surface area contributed by atoms with E-state index in [1.54, 1.807) is 0 Å². The fraction of sp³-hybridized carbons (Fsp3) is 0.467. The predicted octanol–water partition coefficient (Wildman–Crippen LogP) is 1.80. The molecule has 0 amide bonds. The van der Waals surface area contributed by atoms with Crippen LogP contribution in [0.25, 0.3) is 10.9 Å². The summed E-state index contributed by atoms with van der Waals surface area (Å²) in [7, 11) is 0. The summed E-state index contributed by atoms with van der Waals surface area (Å²) in [5.41, 5.74) is 2.23. The van der Waals surface area contributed by atoms with Crippen molar-refractivity contribution < 1.29 is 9.84 Å². The van der Waals surface area contributed by atoms with E-state index in [2.05, 4.69) is 34.6 Å². The highest BCUT2D eigenvalue weighted by atomic mass is 16.5. The first kappa shape index (κ1) is 12.7. The van der Waals surface area contributed by atoms with Gasteiger partial charge in [0, 0.05) is 37.0 Å². The topological polar surface area (TPSA) is 57.3 Å². The van der Waals surface area contributed by atoms with E-state index in [4.69, 9.17) is 4.74 Å². The summed E-state index contributed by atoms with van der Waals surface area (Å²) in [6.45, 7) is 2.40. The van der Waals surface area contributed by atoms with Crippen molar-refractivity contribution in [3.8, 4) is 0 Å². The molecule has 102 valence electrons. The summed E-state index contributed by atoms with van der Waals surface area (Å²) in [4.78, 5) is 3.19. The second-order valence-electron chi connectivity index (χ2n) is 5.30. The standard InChI is InChI=1S/C15H20N2O2/c18-11-15(4-7-19-8-5-15)17-10-12-1-2-14-13(9-12)3-6-16-14/h1-3,6,9,16-18H,4-5,7-8,10-11H2. The Hall–Kier alpha value is -1.36. The van der Waals surface area contributed by atoms with E-state index in [0.717, 1.165) is 38.1 Å². The van der Waals surface area contributed by atoms with Crippen LogP contribution in [0.15, 0.2) is 30.5 Å². The van der Waals surface area contributed by atoms with Crippen LogP contribution in [0, 0.1) is 0 Å². The monoisotopic (exact) mass is 260 g/mol. The van der Waals surface area contributed by atoms with Gasteiger partial charge in [0.1, 0.15) is 0 Å². The number of benzene rings is 1. The van der Waals surface area contributed by atoms with Gasteiger partial charge in [-0.1, -0.05) is 6.07 Å². The van der Waals surface area contributed by atoms with E-state index >= 15 is 0 Å². The third kappa shape index (κ3) is 2.66. The van der Waals surface area contributed by atoms with Crippen molar-refractivity contribution in [3.63, 3.8) is 0 Å². The zero-order valence-electron chi connectivity index (χ0n) is 11.0. The van der Waals surface area contributed by atoms with Crippen LogP contribution in [-0.2, 0) is 11.3 Å². The molecule has 1 aromatic carbocycles. The summed E-state index contributed by atoms with van der Waals surface area (Å²) in [6.07, 6.45) is 3.70. The summed E-state index contributed by atoms with van der Waals surface area (Å²) in [5, 5.41) is 14.4. The van der Waals surface area contributed by atoms with Gasteiger partial charge in [0.2, 0.25) is 0 Å². The van der Waals surface area contributed by atoms with Crippen LogP contribution >= 0.6 is 0 Å². The fourth-order valence-corrected chi connectivity index (χ4v) is 2.66. The number of aromatic nitrogens is 1. The zero-order valence-corrected chi connectivity index (χ0v) is 11.0. The Kier molecular flexibility index (Phi) is 3.55. The van der Waals surface area contributed by atoms with Crippen LogP contribution in [0.3, 0.4) is 0 Å². The number of aliphatic hydroxyl groups is 1. The van der Waals surface area contributed by atoms with E-state index in [0.29, 0.717) is 0 Å². The van der Waals surface area contributed by atoms with Gasteiger partial charge in [0.05, 0.1) is 6.61 Å². The molecule has 1 aromatic heterocycles. The highest BCUT2D eigenvalue weighted by Crippen LogP contribution is 2.21. The minimum atomic E-state index is -0.175. The van der Waals surface area contributed by atoms with Crippen LogP contribution < -0.4 is 5.32 Å². The third-order valence-corrected chi connectivity index (χ3v) is 4.04. The summed E-state index contributed by atoms with van der Waals surface area (Å²) in [5.74, 6) is 0. The van der Waals surface area contributed by atoms with Gasteiger partial charge in [0.25, 0.3) is 0 Å². The molecule has 2 aromatic rings. The fourth-order valence-electron chi connectivity index (χ4n) is 2.66. The van der Waals surface area contributed by atoms with Gasteiger partial charge in [0.15, 0.2) is 0 Å². The smallest absolute Gasteiger partial charge is 0.0615 e. The number of hydrogen-bond acceptors (Lipinski definition) is 3. The SMILES string of the molecule is OCC1(NCc2ccc3[nH]ccc3c2)CCOCC1. The number of rotatable bonds is 4. The van der Waals surface area contributed by atoms with Gasteiger partial charge in [-0.15, -0.1) is 0 Å². The molecule has 0 bridgehead atoms. The first-order valence-electron chi connectivity index (χ1n) is 6.81. The van der Waals surface area contributed by atoms with Crippen LogP contribution in [0.4, 0.5) is 0 Å². The normalized spacial score (nSPS) is 18.8. The zero-order chi connectivity index (χ0) is 13.1. The number of nitrogens with one attached hydrogen (secondary N) is 2. The van der Waals surface area contributed by atoms with Gasteiger partial charge < -0.3 is 20.1 Å². The molecule has 0 radical (unpaired) electrons. The lowest BCUT2D eigenvalue weighted by atomic mass is 9.90. The predicted molar refractivity (Wildman–Crippen MR) is 75.0 cm³/mol. The van der Waals surface area contributed by atoms with Crippen molar-refractivity contribution in [1.29, 1.82) is 0 Å². The Morgan fingerprint density at radius 1 is 1.26 bits per heavy atom. The number of fused-ring (bicyclic) bond motifs is 1. The van der Waals surface area contributed by atoms with Crippen LogP contribution in [0.2, 0.25) is 0 Å². The minimum absolute atomic E-state index is 0.169. The molecule has 2 heterocycles. The van der Waals surface area contributed by atoms with Gasteiger partial charge in [-0.25, -0.2) is 0 Å².